The number of hydrogen-bond acceptors (Lipinski definition) is 2. The van der Waals surface area contributed by atoms with Crippen molar-refractivity contribution in [2.24, 2.45) is 11.1 Å². The minimum Gasteiger partial charge on any atom is -0.330 e. The van der Waals surface area contributed by atoms with Crippen LogP contribution in [0, 0.1) is 5.41 Å². The minimum absolute atomic E-state index is 0.319. The summed E-state index contributed by atoms with van der Waals surface area (Å²) in [5.41, 5.74) is 6.09. The lowest BCUT2D eigenvalue weighted by Gasteiger charge is -2.32. The molecule has 0 aromatic rings. The van der Waals surface area contributed by atoms with E-state index in [0.717, 1.165) is 19.6 Å². The molecule has 0 aliphatic carbocycles. The maximum atomic E-state index is 5.77. The van der Waals surface area contributed by atoms with Crippen LogP contribution in [-0.4, -0.2) is 31.6 Å². The molecule has 2 N–H and O–H groups in total. The predicted molar refractivity (Wildman–Crippen MR) is 55.2 cm³/mol. The first-order valence-corrected chi connectivity index (χ1v) is 4.96. The molecule has 0 aromatic carbocycles. The van der Waals surface area contributed by atoms with E-state index < -0.39 is 0 Å². The highest BCUT2D eigenvalue weighted by Gasteiger charge is 2.22. The molecule has 2 nitrogen and oxygen atoms in total. The standard InChI is InChI=1S/C10H24N2/c1-5-7-10(3,8-11)9-12(4)6-2/h5-9,11H2,1-4H3. The van der Waals surface area contributed by atoms with Gasteiger partial charge in [0, 0.05) is 6.54 Å². The number of rotatable bonds is 6. The van der Waals surface area contributed by atoms with E-state index in [1.807, 2.05) is 0 Å². The fourth-order valence-electron chi connectivity index (χ4n) is 1.61. The van der Waals surface area contributed by atoms with Crippen LogP contribution in [-0.2, 0) is 0 Å². The van der Waals surface area contributed by atoms with Gasteiger partial charge in [0.1, 0.15) is 0 Å². The van der Waals surface area contributed by atoms with Gasteiger partial charge in [-0.15, -0.1) is 0 Å². The zero-order valence-electron chi connectivity index (χ0n) is 9.06. The van der Waals surface area contributed by atoms with Gasteiger partial charge >= 0.3 is 0 Å². The molecule has 0 spiro atoms. The highest BCUT2D eigenvalue weighted by Crippen LogP contribution is 2.22. The first kappa shape index (κ1) is 11.9. The van der Waals surface area contributed by atoms with E-state index in [1.54, 1.807) is 0 Å². The van der Waals surface area contributed by atoms with Gasteiger partial charge in [-0.05, 0) is 32.0 Å². The second-order valence-corrected chi connectivity index (χ2v) is 4.10. The van der Waals surface area contributed by atoms with E-state index in [9.17, 15) is 0 Å². The Kier molecular flexibility index (Phi) is 5.51. The van der Waals surface area contributed by atoms with Gasteiger partial charge in [0.15, 0.2) is 0 Å². The Morgan fingerprint density at radius 1 is 1.33 bits per heavy atom. The van der Waals surface area contributed by atoms with Crippen molar-refractivity contribution in [3.8, 4) is 0 Å². The highest BCUT2D eigenvalue weighted by molar-refractivity contribution is 4.77. The average molecular weight is 172 g/mol. The molecule has 2 heteroatoms. The highest BCUT2D eigenvalue weighted by atomic mass is 15.1. The second kappa shape index (κ2) is 5.55. The lowest BCUT2D eigenvalue weighted by Crippen LogP contribution is -2.38. The molecule has 0 aliphatic heterocycles. The van der Waals surface area contributed by atoms with Crippen LogP contribution in [0.15, 0.2) is 0 Å². The first-order valence-electron chi connectivity index (χ1n) is 4.96. The van der Waals surface area contributed by atoms with E-state index in [0.29, 0.717) is 5.41 Å². The maximum absolute atomic E-state index is 5.77. The molecule has 0 rings (SSSR count). The van der Waals surface area contributed by atoms with Crippen LogP contribution in [0.4, 0.5) is 0 Å². The molecule has 0 radical (unpaired) electrons. The smallest absolute Gasteiger partial charge is 0.00442 e. The lowest BCUT2D eigenvalue weighted by atomic mass is 9.85. The predicted octanol–water partition coefficient (Wildman–Crippen LogP) is 1.70. The summed E-state index contributed by atoms with van der Waals surface area (Å²) in [7, 11) is 2.16. The molecule has 0 fully saturated rings. The molecule has 74 valence electrons. The summed E-state index contributed by atoms with van der Waals surface area (Å²) in [6.07, 6.45) is 2.46. The van der Waals surface area contributed by atoms with Crippen molar-refractivity contribution in [1.29, 1.82) is 0 Å². The van der Waals surface area contributed by atoms with Gasteiger partial charge in [-0.25, -0.2) is 0 Å². The Balaban J connectivity index is 3.94. The third-order valence-electron chi connectivity index (χ3n) is 2.54. The fourth-order valence-corrected chi connectivity index (χ4v) is 1.61. The largest absolute Gasteiger partial charge is 0.330 e. The van der Waals surface area contributed by atoms with E-state index >= 15 is 0 Å². The van der Waals surface area contributed by atoms with E-state index in [-0.39, 0.29) is 0 Å². The lowest BCUT2D eigenvalue weighted by molar-refractivity contribution is 0.191. The first-order chi connectivity index (χ1) is 5.58. The molecule has 0 aliphatic rings. The number of nitrogens with two attached hydrogens (primary N) is 1. The van der Waals surface area contributed by atoms with Crippen LogP contribution in [0.3, 0.4) is 0 Å². The third kappa shape index (κ3) is 4.07. The van der Waals surface area contributed by atoms with Crippen molar-refractivity contribution < 1.29 is 0 Å². The SMILES string of the molecule is CCCC(C)(CN)CN(C)CC. The molecule has 0 aromatic heterocycles. The van der Waals surface area contributed by atoms with Crippen molar-refractivity contribution in [1.82, 2.24) is 4.90 Å². The van der Waals surface area contributed by atoms with Crippen LogP contribution < -0.4 is 5.73 Å². The van der Waals surface area contributed by atoms with Gasteiger partial charge in [0.05, 0.1) is 0 Å². The van der Waals surface area contributed by atoms with Crippen LogP contribution in [0.2, 0.25) is 0 Å². The van der Waals surface area contributed by atoms with Crippen LogP contribution in [0.1, 0.15) is 33.6 Å². The van der Waals surface area contributed by atoms with Crippen LogP contribution in [0.25, 0.3) is 0 Å². The van der Waals surface area contributed by atoms with Crippen molar-refractivity contribution >= 4 is 0 Å². The maximum Gasteiger partial charge on any atom is 0.00442 e. The van der Waals surface area contributed by atoms with Crippen molar-refractivity contribution in [2.45, 2.75) is 33.6 Å². The molecule has 0 heterocycles. The zero-order chi connectivity index (χ0) is 9.61. The Hall–Kier alpha value is -0.0800. The molecule has 0 saturated carbocycles. The summed E-state index contributed by atoms with van der Waals surface area (Å²) < 4.78 is 0. The normalized spacial score (nSPS) is 16.5. The Morgan fingerprint density at radius 2 is 1.92 bits per heavy atom. The number of hydrogen-bond donors (Lipinski definition) is 1. The average Bonchev–Trinajstić information content (AvgIpc) is 2.05. The van der Waals surface area contributed by atoms with Gasteiger partial charge in [-0.3, -0.25) is 0 Å². The Bertz CT molecular complexity index is 114. The molecule has 0 amide bonds. The molecule has 0 bridgehead atoms. The molecule has 0 saturated heterocycles. The van der Waals surface area contributed by atoms with Gasteiger partial charge in [-0.2, -0.15) is 0 Å². The summed E-state index contributed by atoms with van der Waals surface area (Å²) in [5.74, 6) is 0. The van der Waals surface area contributed by atoms with Crippen molar-refractivity contribution in [3.63, 3.8) is 0 Å². The van der Waals surface area contributed by atoms with Crippen molar-refractivity contribution in [2.75, 3.05) is 26.7 Å². The number of nitrogens with zero attached hydrogens (tertiary/aromatic N) is 1. The Labute approximate surface area is 77.1 Å². The molecule has 1 unspecified atom stereocenters. The summed E-state index contributed by atoms with van der Waals surface area (Å²) in [6.45, 7) is 9.71. The van der Waals surface area contributed by atoms with Crippen molar-refractivity contribution in [3.05, 3.63) is 0 Å². The summed E-state index contributed by atoms with van der Waals surface area (Å²) in [4.78, 5) is 2.34. The second-order valence-electron chi connectivity index (χ2n) is 4.10. The molecular weight excluding hydrogens is 148 g/mol. The molecular formula is C10H24N2. The fraction of sp³-hybridized carbons (Fsp3) is 1.00. The Morgan fingerprint density at radius 3 is 2.25 bits per heavy atom. The van der Waals surface area contributed by atoms with Gasteiger partial charge in [0.2, 0.25) is 0 Å². The monoisotopic (exact) mass is 172 g/mol. The van der Waals surface area contributed by atoms with Gasteiger partial charge in [-0.1, -0.05) is 27.2 Å². The third-order valence-corrected chi connectivity index (χ3v) is 2.54. The quantitative estimate of drug-likeness (QED) is 0.661. The molecule has 12 heavy (non-hydrogen) atoms. The molecule has 1 atom stereocenters. The van der Waals surface area contributed by atoms with E-state index in [4.69, 9.17) is 5.73 Å². The summed E-state index contributed by atoms with van der Waals surface area (Å²) in [5, 5.41) is 0. The topological polar surface area (TPSA) is 29.3 Å². The van der Waals surface area contributed by atoms with Gasteiger partial charge < -0.3 is 10.6 Å². The van der Waals surface area contributed by atoms with Crippen LogP contribution >= 0.6 is 0 Å². The minimum atomic E-state index is 0.319. The van der Waals surface area contributed by atoms with Gasteiger partial charge in [0.25, 0.3) is 0 Å². The van der Waals surface area contributed by atoms with E-state index in [2.05, 4.69) is 32.7 Å². The van der Waals surface area contributed by atoms with E-state index in [1.165, 1.54) is 12.8 Å². The summed E-state index contributed by atoms with van der Waals surface area (Å²) in [6, 6.07) is 0. The summed E-state index contributed by atoms with van der Waals surface area (Å²) >= 11 is 0. The zero-order valence-corrected chi connectivity index (χ0v) is 9.06. The van der Waals surface area contributed by atoms with Crippen LogP contribution in [0.5, 0.6) is 0 Å².